The molecule has 0 atom stereocenters. The summed E-state index contributed by atoms with van der Waals surface area (Å²) in [7, 11) is 0. The van der Waals surface area contributed by atoms with E-state index in [2.05, 4.69) is 4.98 Å². The zero-order valence-corrected chi connectivity index (χ0v) is 21.9. The summed E-state index contributed by atoms with van der Waals surface area (Å²) in [5, 5.41) is 6.61. The van der Waals surface area contributed by atoms with Crippen LogP contribution < -0.4 is 5.56 Å². The maximum atomic E-state index is 13.5. The number of aromatic nitrogens is 4. The molecule has 0 aliphatic rings. The highest BCUT2D eigenvalue weighted by atomic mass is 32.1. The largest absolute Gasteiger partial charge is 0.416 e. The first-order chi connectivity index (χ1) is 19.3. The molecule has 0 spiro atoms. The van der Waals surface area contributed by atoms with Crippen LogP contribution in [0.3, 0.4) is 0 Å². The molecule has 6 rings (SSSR count). The number of rotatable bonds is 5. The highest BCUT2D eigenvalue weighted by Gasteiger charge is 2.30. The van der Waals surface area contributed by atoms with Crippen LogP contribution in [-0.4, -0.2) is 19.2 Å². The number of nitrogens with zero attached hydrogens (tertiary/aromatic N) is 4. The number of benzene rings is 3. The molecule has 0 radical (unpaired) electrons. The van der Waals surface area contributed by atoms with E-state index in [1.54, 1.807) is 22.3 Å². The second-order valence-corrected chi connectivity index (χ2v) is 10.0. The van der Waals surface area contributed by atoms with E-state index in [0.717, 1.165) is 40.2 Å². The number of fused-ring (bicyclic) bond motifs is 1. The molecule has 0 saturated carbocycles. The van der Waals surface area contributed by atoms with Crippen LogP contribution in [0, 0.1) is 6.92 Å². The van der Waals surface area contributed by atoms with E-state index >= 15 is 0 Å². The fourth-order valence-corrected chi connectivity index (χ4v) is 5.27. The lowest BCUT2D eigenvalue weighted by atomic mass is 10.0. The van der Waals surface area contributed by atoms with Gasteiger partial charge in [-0.3, -0.25) is 9.20 Å². The summed E-state index contributed by atoms with van der Waals surface area (Å²) in [5.41, 5.74) is 4.23. The topological polar surface area (TPSA) is 52.2 Å². The Morgan fingerprint density at radius 3 is 2.35 bits per heavy atom. The Bertz CT molecular complexity index is 1920. The fraction of sp³-hybridized carbons (Fsp3) is 0.0645. The fourth-order valence-electron chi connectivity index (χ4n) is 4.55. The highest BCUT2D eigenvalue weighted by Crippen LogP contribution is 2.32. The van der Waals surface area contributed by atoms with Gasteiger partial charge in [0.05, 0.1) is 22.5 Å². The summed E-state index contributed by atoms with van der Waals surface area (Å²) in [5.74, 6) is 0. The smallest absolute Gasteiger partial charge is 0.268 e. The van der Waals surface area contributed by atoms with E-state index in [0.29, 0.717) is 16.2 Å². The van der Waals surface area contributed by atoms with Crippen molar-refractivity contribution in [2.75, 3.05) is 0 Å². The molecule has 0 aliphatic carbocycles. The van der Waals surface area contributed by atoms with E-state index in [1.165, 1.54) is 27.9 Å². The maximum absolute atomic E-state index is 13.5. The Kier molecular flexibility index (Phi) is 6.43. The Morgan fingerprint density at radius 1 is 0.900 bits per heavy atom. The normalized spacial score (nSPS) is 12.0. The van der Waals surface area contributed by atoms with Crippen LogP contribution in [0.2, 0.25) is 0 Å². The van der Waals surface area contributed by atoms with Crippen molar-refractivity contribution >= 4 is 28.4 Å². The number of aryl methyl sites for hydroxylation is 1. The van der Waals surface area contributed by atoms with E-state index in [1.807, 2.05) is 73.8 Å². The first-order valence-corrected chi connectivity index (χ1v) is 13.2. The first-order valence-electron chi connectivity index (χ1n) is 12.4. The molecule has 3 aromatic heterocycles. The lowest BCUT2D eigenvalue weighted by Crippen LogP contribution is -2.17. The van der Waals surface area contributed by atoms with Crippen LogP contribution in [0.5, 0.6) is 0 Å². The lowest BCUT2D eigenvalue weighted by Gasteiger charge is -2.09. The van der Waals surface area contributed by atoms with Crippen molar-refractivity contribution in [1.82, 2.24) is 19.2 Å². The number of alkyl halides is 3. The SMILES string of the molecule is Cc1ccccc1-c1nn(-c2ccccc2)cc1/C=C/c1nc2sccn2c(=O)c1-c1ccc(C(F)(F)F)cc1. The molecule has 0 amide bonds. The van der Waals surface area contributed by atoms with Gasteiger partial charge >= 0.3 is 6.18 Å². The third-order valence-electron chi connectivity index (χ3n) is 6.58. The molecule has 6 aromatic rings. The van der Waals surface area contributed by atoms with Crippen LogP contribution >= 0.6 is 11.3 Å². The zero-order valence-electron chi connectivity index (χ0n) is 21.1. The van der Waals surface area contributed by atoms with Crippen LogP contribution in [0.25, 0.3) is 45.2 Å². The number of thiazole rings is 1. The molecular formula is C31H21F3N4OS. The van der Waals surface area contributed by atoms with Gasteiger partial charge < -0.3 is 0 Å². The van der Waals surface area contributed by atoms with Crippen molar-refractivity contribution in [1.29, 1.82) is 0 Å². The first kappa shape index (κ1) is 25.5. The van der Waals surface area contributed by atoms with Crippen molar-refractivity contribution < 1.29 is 13.2 Å². The van der Waals surface area contributed by atoms with Gasteiger partial charge in [-0.1, -0.05) is 54.6 Å². The second-order valence-electron chi connectivity index (χ2n) is 9.17. The van der Waals surface area contributed by atoms with Crippen molar-refractivity contribution in [2.24, 2.45) is 0 Å². The number of hydrogen-bond donors (Lipinski definition) is 0. The molecule has 0 N–H and O–H groups in total. The van der Waals surface area contributed by atoms with Crippen LogP contribution in [0.1, 0.15) is 22.4 Å². The van der Waals surface area contributed by atoms with Crippen molar-refractivity contribution in [3.8, 4) is 28.1 Å². The number of halogens is 3. The minimum atomic E-state index is -4.48. The van der Waals surface area contributed by atoms with Crippen LogP contribution in [0.4, 0.5) is 13.2 Å². The molecule has 0 aliphatic heterocycles. The van der Waals surface area contributed by atoms with Gasteiger partial charge in [0.1, 0.15) is 5.69 Å². The van der Waals surface area contributed by atoms with Gasteiger partial charge in [-0.25, -0.2) is 9.67 Å². The molecule has 9 heteroatoms. The quantitative estimate of drug-likeness (QED) is 0.219. The van der Waals surface area contributed by atoms with Gasteiger partial charge in [0.25, 0.3) is 5.56 Å². The van der Waals surface area contributed by atoms with Gasteiger partial charge in [0, 0.05) is 28.9 Å². The number of hydrogen-bond acceptors (Lipinski definition) is 4. The second kappa shape index (κ2) is 10.1. The van der Waals surface area contributed by atoms with E-state index < -0.39 is 11.7 Å². The van der Waals surface area contributed by atoms with E-state index in [9.17, 15) is 18.0 Å². The van der Waals surface area contributed by atoms with Crippen molar-refractivity contribution in [3.05, 3.63) is 129 Å². The van der Waals surface area contributed by atoms with Gasteiger partial charge in [-0.15, -0.1) is 11.3 Å². The van der Waals surface area contributed by atoms with E-state index in [-0.39, 0.29) is 11.1 Å². The Labute approximate surface area is 231 Å². The highest BCUT2D eigenvalue weighted by molar-refractivity contribution is 7.15. The van der Waals surface area contributed by atoms with Crippen molar-refractivity contribution in [2.45, 2.75) is 13.1 Å². The summed E-state index contributed by atoms with van der Waals surface area (Å²) in [6, 6.07) is 22.2. The standard InChI is InChI=1S/C31H21F3N4OS/c1-20-7-5-6-10-25(20)28-22(19-38(36-28)24-8-3-2-4-9-24)13-16-26-27(29(39)37-17-18-40-30(37)35-26)21-11-14-23(15-12-21)31(32,33)34/h2-19H,1H3/b16-13+. The molecule has 3 aromatic carbocycles. The third-order valence-corrected chi connectivity index (χ3v) is 7.34. The van der Waals surface area contributed by atoms with Crippen LogP contribution in [-0.2, 0) is 6.18 Å². The molecule has 198 valence electrons. The molecule has 0 unspecified atom stereocenters. The molecule has 0 saturated heterocycles. The molecule has 3 heterocycles. The average molecular weight is 555 g/mol. The maximum Gasteiger partial charge on any atom is 0.416 e. The molecule has 40 heavy (non-hydrogen) atoms. The van der Waals surface area contributed by atoms with Crippen LogP contribution in [0.15, 0.2) is 101 Å². The van der Waals surface area contributed by atoms with E-state index in [4.69, 9.17) is 5.10 Å². The Morgan fingerprint density at radius 2 is 1.62 bits per heavy atom. The monoisotopic (exact) mass is 554 g/mol. The average Bonchev–Trinajstić information content (AvgIpc) is 3.60. The van der Waals surface area contributed by atoms with Gasteiger partial charge in [-0.2, -0.15) is 18.3 Å². The molecule has 0 fully saturated rings. The van der Waals surface area contributed by atoms with Gasteiger partial charge in [0.2, 0.25) is 0 Å². The van der Waals surface area contributed by atoms with Gasteiger partial charge in [-0.05, 0) is 54.5 Å². The summed E-state index contributed by atoms with van der Waals surface area (Å²) in [4.78, 5) is 18.7. The zero-order chi connectivity index (χ0) is 27.9. The molecule has 5 nitrogen and oxygen atoms in total. The minimum Gasteiger partial charge on any atom is -0.268 e. The summed E-state index contributed by atoms with van der Waals surface area (Å²) >= 11 is 1.30. The molecule has 0 bridgehead atoms. The lowest BCUT2D eigenvalue weighted by molar-refractivity contribution is -0.137. The third kappa shape index (κ3) is 4.76. The summed E-state index contributed by atoms with van der Waals surface area (Å²) in [6.07, 6.45) is 2.60. The van der Waals surface area contributed by atoms with Crippen molar-refractivity contribution in [3.63, 3.8) is 0 Å². The minimum absolute atomic E-state index is 0.216. The Hall–Kier alpha value is -4.76. The predicted octanol–water partition coefficient (Wildman–Crippen LogP) is 7.77. The molecular weight excluding hydrogens is 533 g/mol. The van der Waals surface area contributed by atoms with Gasteiger partial charge in [0.15, 0.2) is 4.96 Å². The number of para-hydroxylation sites is 1. The predicted molar refractivity (Wildman–Crippen MR) is 152 cm³/mol. The summed E-state index contributed by atoms with van der Waals surface area (Å²) < 4.78 is 42.8. The summed E-state index contributed by atoms with van der Waals surface area (Å²) in [6.45, 7) is 2.01. The Balaban J connectivity index is 1.51.